The number of hydrogen-bond donors (Lipinski definition) is 1. The normalized spacial score (nSPS) is 14.5. The third kappa shape index (κ3) is 4.99. The average molecular weight is 269 g/mol. The van der Waals surface area contributed by atoms with Crippen molar-refractivity contribution in [2.75, 3.05) is 0 Å². The van der Waals surface area contributed by atoms with Crippen LogP contribution in [0, 0.1) is 12.8 Å². The van der Waals surface area contributed by atoms with E-state index in [1.165, 1.54) is 19.3 Å². The molecule has 0 aromatic heterocycles. The lowest BCUT2D eigenvalue weighted by Crippen LogP contribution is -2.07. The van der Waals surface area contributed by atoms with Crippen LogP contribution in [0.4, 0.5) is 0 Å². The highest BCUT2D eigenvalue weighted by molar-refractivity contribution is 6.30. The van der Waals surface area contributed by atoms with Gasteiger partial charge in [0.05, 0.1) is 6.10 Å². The van der Waals surface area contributed by atoms with Crippen LogP contribution in [0.15, 0.2) is 18.2 Å². The second-order valence-corrected chi connectivity index (χ2v) is 5.67. The van der Waals surface area contributed by atoms with Gasteiger partial charge in [-0.2, -0.15) is 0 Å². The summed E-state index contributed by atoms with van der Waals surface area (Å²) >= 11 is 6.04. The predicted octanol–water partition coefficient (Wildman–Crippen LogP) is 5.29. The maximum absolute atomic E-state index is 10.3. The van der Waals surface area contributed by atoms with Crippen LogP contribution in [0.3, 0.4) is 0 Å². The number of benzene rings is 1. The number of unbranched alkanes of at least 4 members (excludes halogenated alkanes) is 1. The summed E-state index contributed by atoms with van der Waals surface area (Å²) in [4.78, 5) is 0. The number of aliphatic hydroxyl groups is 1. The molecule has 0 saturated heterocycles. The van der Waals surface area contributed by atoms with E-state index in [1.807, 2.05) is 25.1 Å². The van der Waals surface area contributed by atoms with Gasteiger partial charge in [0.25, 0.3) is 0 Å². The molecule has 2 unspecified atom stereocenters. The van der Waals surface area contributed by atoms with Crippen molar-refractivity contribution in [1.82, 2.24) is 0 Å². The summed E-state index contributed by atoms with van der Waals surface area (Å²) in [5.74, 6) is 0.610. The fraction of sp³-hybridized carbons (Fsp3) is 0.625. The Morgan fingerprint density at radius 3 is 2.50 bits per heavy atom. The number of halogens is 1. The third-order valence-electron chi connectivity index (χ3n) is 3.55. The molecular formula is C16H25ClO. The molecule has 0 heterocycles. The molecule has 0 aliphatic heterocycles. The molecule has 0 fully saturated rings. The number of rotatable bonds is 7. The molecule has 0 amide bonds. The summed E-state index contributed by atoms with van der Waals surface area (Å²) in [6.07, 6.45) is 5.28. The van der Waals surface area contributed by atoms with E-state index in [9.17, 15) is 5.11 Å². The second-order valence-electron chi connectivity index (χ2n) is 5.23. The van der Waals surface area contributed by atoms with Gasteiger partial charge in [-0.05, 0) is 42.5 Å². The van der Waals surface area contributed by atoms with E-state index in [-0.39, 0.29) is 6.10 Å². The molecule has 18 heavy (non-hydrogen) atoms. The first-order valence-electron chi connectivity index (χ1n) is 7.02. The van der Waals surface area contributed by atoms with Gasteiger partial charge in [0.2, 0.25) is 0 Å². The van der Waals surface area contributed by atoms with E-state index in [2.05, 4.69) is 13.8 Å². The first-order chi connectivity index (χ1) is 8.56. The first-order valence-corrected chi connectivity index (χ1v) is 7.39. The van der Waals surface area contributed by atoms with Gasteiger partial charge in [-0.1, -0.05) is 57.2 Å². The summed E-state index contributed by atoms with van der Waals surface area (Å²) in [6.45, 7) is 6.43. The van der Waals surface area contributed by atoms with Gasteiger partial charge in [0, 0.05) is 5.02 Å². The summed E-state index contributed by atoms with van der Waals surface area (Å²) in [5, 5.41) is 11.0. The summed E-state index contributed by atoms with van der Waals surface area (Å²) in [6, 6.07) is 5.83. The van der Waals surface area contributed by atoms with Crippen molar-refractivity contribution in [3.8, 4) is 0 Å². The van der Waals surface area contributed by atoms with Gasteiger partial charge in [0.1, 0.15) is 0 Å². The van der Waals surface area contributed by atoms with Crippen molar-refractivity contribution in [3.05, 3.63) is 34.3 Å². The van der Waals surface area contributed by atoms with Crippen molar-refractivity contribution in [2.45, 2.75) is 59.0 Å². The zero-order valence-electron chi connectivity index (χ0n) is 11.7. The molecule has 1 rings (SSSR count). The monoisotopic (exact) mass is 268 g/mol. The Kier molecular flexibility index (Phi) is 6.73. The Morgan fingerprint density at radius 1 is 1.22 bits per heavy atom. The molecule has 0 spiro atoms. The highest BCUT2D eigenvalue weighted by atomic mass is 35.5. The van der Waals surface area contributed by atoms with Crippen LogP contribution in [0.1, 0.15) is 63.2 Å². The summed E-state index contributed by atoms with van der Waals surface area (Å²) in [5.41, 5.74) is 2.06. The Balaban J connectivity index is 2.65. The van der Waals surface area contributed by atoms with Crippen molar-refractivity contribution in [2.24, 2.45) is 5.92 Å². The van der Waals surface area contributed by atoms with Crippen LogP contribution in [0.5, 0.6) is 0 Å². The molecule has 1 N–H and O–H groups in total. The maximum Gasteiger partial charge on any atom is 0.0793 e. The van der Waals surface area contributed by atoms with Crippen LogP contribution in [-0.2, 0) is 0 Å². The Bertz CT molecular complexity index is 342. The molecule has 1 aromatic carbocycles. The standard InChI is InChI=1S/C16H25ClO/c1-4-6-7-13(5-2)10-16(18)14-8-12(3)9-15(17)11-14/h8-9,11,13,16,18H,4-7,10H2,1-3H3. The van der Waals surface area contributed by atoms with Crippen LogP contribution >= 0.6 is 11.6 Å². The maximum atomic E-state index is 10.3. The van der Waals surface area contributed by atoms with Crippen LogP contribution < -0.4 is 0 Å². The van der Waals surface area contributed by atoms with Crippen molar-refractivity contribution in [3.63, 3.8) is 0 Å². The van der Waals surface area contributed by atoms with Crippen LogP contribution in [0.25, 0.3) is 0 Å². The van der Waals surface area contributed by atoms with Gasteiger partial charge >= 0.3 is 0 Å². The van der Waals surface area contributed by atoms with Crippen molar-refractivity contribution >= 4 is 11.6 Å². The molecule has 1 aromatic rings. The number of hydrogen-bond acceptors (Lipinski definition) is 1. The quantitative estimate of drug-likeness (QED) is 0.712. The zero-order valence-corrected chi connectivity index (χ0v) is 12.5. The zero-order chi connectivity index (χ0) is 13.5. The molecule has 1 nitrogen and oxygen atoms in total. The van der Waals surface area contributed by atoms with Crippen molar-refractivity contribution < 1.29 is 5.11 Å². The lowest BCUT2D eigenvalue weighted by Gasteiger charge is -2.19. The molecule has 0 saturated carbocycles. The lowest BCUT2D eigenvalue weighted by molar-refractivity contribution is 0.139. The van der Waals surface area contributed by atoms with Gasteiger partial charge in [-0.15, -0.1) is 0 Å². The fourth-order valence-electron chi connectivity index (χ4n) is 2.39. The summed E-state index contributed by atoms with van der Waals surface area (Å²) < 4.78 is 0. The highest BCUT2D eigenvalue weighted by Crippen LogP contribution is 2.28. The van der Waals surface area contributed by atoms with Crippen LogP contribution in [0.2, 0.25) is 5.02 Å². The van der Waals surface area contributed by atoms with E-state index < -0.39 is 0 Å². The SMILES string of the molecule is CCCCC(CC)CC(O)c1cc(C)cc(Cl)c1. The van der Waals surface area contributed by atoms with Gasteiger partial charge in [-0.3, -0.25) is 0 Å². The second kappa shape index (κ2) is 7.81. The fourth-order valence-corrected chi connectivity index (χ4v) is 2.69. The Hall–Kier alpha value is -0.530. The molecule has 0 aliphatic carbocycles. The van der Waals surface area contributed by atoms with Gasteiger partial charge in [-0.25, -0.2) is 0 Å². The van der Waals surface area contributed by atoms with Gasteiger partial charge in [0.15, 0.2) is 0 Å². The van der Waals surface area contributed by atoms with Gasteiger partial charge < -0.3 is 5.11 Å². The number of aryl methyl sites for hydroxylation is 1. The molecule has 0 radical (unpaired) electrons. The smallest absolute Gasteiger partial charge is 0.0793 e. The summed E-state index contributed by atoms with van der Waals surface area (Å²) in [7, 11) is 0. The predicted molar refractivity (Wildman–Crippen MR) is 79.1 cm³/mol. The molecular weight excluding hydrogens is 244 g/mol. The lowest BCUT2D eigenvalue weighted by atomic mass is 9.90. The Morgan fingerprint density at radius 2 is 1.94 bits per heavy atom. The Labute approximate surface area is 116 Å². The van der Waals surface area contributed by atoms with Crippen LogP contribution in [-0.4, -0.2) is 5.11 Å². The minimum atomic E-state index is -0.385. The van der Waals surface area contributed by atoms with E-state index in [0.29, 0.717) is 10.9 Å². The molecule has 2 atom stereocenters. The first kappa shape index (κ1) is 15.5. The van der Waals surface area contributed by atoms with E-state index in [1.54, 1.807) is 0 Å². The topological polar surface area (TPSA) is 20.2 Å². The third-order valence-corrected chi connectivity index (χ3v) is 3.77. The largest absolute Gasteiger partial charge is 0.388 e. The molecule has 102 valence electrons. The van der Waals surface area contributed by atoms with E-state index in [4.69, 9.17) is 11.6 Å². The highest BCUT2D eigenvalue weighted by Gasteiger charge is 2.15. The van der Waals surface area contributed by atoms with E-state index in [0.717, 1.165) is 24.0 Å². The minimum Gasteiger partial charge on any atom is -0.388 e. The van der Waals surface area contributed by atoms with E-state index >= 15 is 0 Å². The van der Waals surface area contributed by atoms with Crippen molar-refractivity contribution in [1.29, 1.82) is 0 Å². The number of aliphatic hydroxyl groups excluding tert-OH is 1. The molecule has 0 aliphatic rings. The molecule has 0 bridgehead atoms. The minimum absolute atomic E-state index is 0.385. The molecule has 2 heteroatoms. The average Bonchev–Trinajstić information content (AvgIpc) is 2.32.